The number of carbonyl (C=O) groups excluding carboxylic acids is 1. The van der Waals surface area contributed by atoms with E-state index in [1.165, 1.54) is 6.42 Å². The van der Waals surface area contributed by atoms with Crippen LogP contribution in [0, 0.1) is 0 Å². The highest BCUT2D eigenvalue weighted by Crippen LogP contribution is 2.19. The summed E-state index contributed by atoms with van der Waals surface area (Å²) >= 11 is 0. The van der Waals surface area contributed by atoms with E-state index in [4.69, 9.17) is 0 Å². The molecule has 1 aromatic carbocycles. The molecule has 1 aliphatic heterocycles. The van der Waals surface area contributed by atoms with Crippen molar-refractivity contribution < 1.29 is 4.79 Å². The number of H-pyrrole nitrogens is 1. The average molecular weight is 356 g/mol. The van der Waals surface area contributed by atoms with Crippen molar-refractivity contribution in [1.82, 2.24) is 15.2 Å². The molecule has 2 heterocycles. The summed E-state index contributed by atoms with van der Waals surface area (Å²) in [7, 11) is 0. The number of hydrogen-bond acceptors (Lipinski definition) is 5. The van der Waals surface area contributed by atoms with Gasteiger partial charge in [0.2, 0.25) is 11.9 Å². The molecule has 1 fully saturated rings. The van der Waals surface area contributed by atoms with Crippen LogP contribution in [0.5, 0.6) is 0 Å². The Balaban J connectivity index is 1.64. The average Bonchev–Trinajstić information content (AvgIpc) is 3.12. The molecule has 3 rings (SSSR count). The molecule has 7 heteroatoms. The molecule has 0 radical (unpaired) electrons. The van der Waals surface area contributed by atoms with Gasteiger partial charge in [0.1, 0.15) is 0 Å². The molecular weight excluding hydrogens is 328 g/mol. The number of nitrogens with zero attached hydrogens (tertiary/aromatic N) is 4. The van der Waals surface area contributed by atoms with Gasteiger partial charge < -0.3 is 9.80 Å². The molecule has 0 spiro atoms. The van der Waals surface area contributed by atoms with Crippen LogP contribution in [0.25, 0.3) is 0 Å². The van der Waals surface area contributed by atoms with Gasteiger partial charge in [0.25, 0.3) is 5.91 Å². The van der Waals surface area contributed by atoms with Crippen LogP contribution in [0.1, 0.15) is 50.4 Å². The van der Waals surface area contributed by atoms with Crippen molar-refractivity contribution >= 4 is 23.5 Å². The van der Waals surface area contributed by atoms with Crippen molar-refractivity contribution in [2.24, 2.45) is 0 Å². The van der Waals surface area contributed by atoms with Crippen LogP contribution in [-0.2, 0) is 0 Å². The first-order valence-corrected chi connectivity index (χ1v) is 9.44. The molecule has 2 N–H and O–H groups in total. The van der Waals surface area contributed by atoms with Gasteiger partial charge in [-0.2, -0.15) is 4.98 Å². The Morgan fingerprint density at radius 2 is 1.92 bits per heavy atom. The zero-order valence-corrected chi connectivity index (χ0v) is 15.8. The first kappa shape index (κ1) is 18.2. The van der Waals surface area contributed by atoms with Crippen LogP contribution in [0.4, 0.5) is 17.6 Å². The van der Waals surface area contributed by atoms with E-state index in [2.05, 4.69) is 51.1 Å². The third-order valence-corrected chi connectivity index (χ3v) is 4.77. The number of carbonyl (C=O) groups is 1. The van der Waals surface area contributed by atoms with Crippen molar-refractivity contribution in [3.63, 3.8) is 0 Å². The number of rotatable bonds is 6. The summed E-state index contributed by atoms with van der Waals surface area (Å²) in [5.41, 5.74) is 1.72. The van der Waals surface area contributed by atoms with Crippen LogP contribution < -0.4 is 15.1 Å². The molecule has 7 nitrogen and oxygen atoms in total. The maximum atomic E-state index is 12.5. The number of benzene rings is 1. The molecule has 1 aliphatic rings. The van der Waals surface area contributed by atoms with Crippen molar-refractivity contribution in [2.45, 2.75) is 46.1 Å². The molecule has 1 aromatic heterocycles. The van der Waals surface area contributed by atoms with Crippen LogP contribution in [0.2, 0.25) is 0 Å². The molecule has 140 valence electrons. The van der Waals surface area contributed by atoms with E-state index in [0.29, 0.717) is 23.5 Å². The SMILES string of the molecule is CCN(c1ccc(C(=O)Nc2nc(N3CCCCC3)n[nH]2)cc1)C(C)C. The van der Waals surface area contributed by atoms with E-state index in [1.807, 2.05) is 24.3 Å². The third kappa shape index (κ3) is 4.15. The van der Waals surface area contributed by atoms with Crippen molar-refractivity contribution in [2.75, 3.05) is 34.8 Å². The van der Waals surface area contributed by atoms with E-state index in [1.54, 1.807) is 0 Å². The van der Waals surface area contributed by atoms with Gasteiger partial charge in [0.15, 0.2) is 0 Å². The minimum atomic E-state index is -0.189. The summed E-state index contributed by atoms with van der Waals surface area (Å²) in [6.45, 7) is 9.32. The van der Waals surface area contributed by atoms with Crippen LogP contribution in [0.3, 0.4) is 0 Å². The minimum absolute atomic E-state index is 0.189. The monoisotopic (exact) mass is 356 g/mol. The second kappa shape index (κ2) is 8.21. The van der Waals surface area contributed by atoms with Gasteiger partial charge in [-0.25, -0.2) is 5.10 Å². The molecule has 0 aliphatic carbocycles. The quantitative estimate of drug-likeness (QED) is 0.830. The Morgan fingerprint density at radius 1 is 1.23 bits per heavy atom. The fraction of sp³-hybridized carbons (Fsp3) is 0.526. The first-order chi connectivity index (χ1) is 12.6. The van der Waals surface area contributed by atoms with Crippen molar-refractivity contribution in [3.8, 4) is 0 Å². The molecule has 26 heavy (non-hydrogen) atoms. The van der Waals surface area contributed by atoms with Crippen LogP contribution in [0.15, 0.2) is 24.3 Å². The Kier molecular flexibility index (Phi) is 5.75. The molecule has 0 bridgehead atoms. The lowest BCUT2D eigenvalue weighted by molar-refractivity contribution is 0.102. The fourth-order valence-electron chi connectivity index (χ4n) is 3.37. The lowest BCUT2D eigenvalue weighted by Gasteiger charge is -2.27. The van der Waals surface area contributed by atoms with Crippen LogP contribution >= 0.6 is 0 Å². The molecule has 1 saturated heterocycles. The summed E-state index contributed by atoms with van der Waals surface area (Å²) < 4.78 is 0. The maximum Gasteiger partial charge on any atom is 0.258 e. The highest BCUT2D eigenvalue weighted by Gasteiger charge is 2.17. The van der Waals surface area contributed by atoms with Crippen molar-refractivity contribution in [1.29, 1.82) is 0 Å². The minimum Gasteiger partial charge on any atom is -0.369 e. The number of aromatic nitrogens is 3. The fourth-order valence-corrected chi connectivity index (χ4v) is 3.37. The molecule has 1 amide bonds. The van der Waals surface area contributed by atoms with Gasteiger partial charge in [-0.05, 0) is 64.3 Å². The molecule has 2 aromatic rings. The third-order valence-electron chi connectivity index (χ3n) is 4.77. The topological polar surface area (TPSA) is 77.2 Å². The predicted octanol–water partition coefficient (Wildman–Crippen LogP) is 3.28. The summed E-state index contributed by atoms with van der Waals surface area (Å²) in [5.74, 6) is 0.855. The molecular formula is C19H28N6O. The highest BCUT2D eigenvalue weighted by molar-refractivity contribution is 6.03. The van der Waals surface area contributed by atoms with E-state index in [9.17, 15) is 4.79 Å². The Hall–Kier alpha value is -2.57. The lowest BCUT2D eigenvalue weighted by Crippen LogP contribution is -2.30. The van der Waals surface area contributed by atoms with Gasteiger partial charge in [0, 0.05) is 36.9 Å². The predicted molar refractivity (Wildman–Crippen MR) is 105 cm³/mol. The molecule has 0 unspecified atom stereocenters. The van der Waals surface area contributed by atoms with E-state index >= 15 is 0 Å². The van der Waals surface area contributed by atoms with Gasteiger partial charge in [-0.15, -0.1) is 5.10 Å². The Labute approximate surface area is 154 Å². The summed E-state index contributed by atoms with van der Waals surface area (Å²) in [6.07, 6.45) is 3.58. The second-order valence-electron chi connectivity index (χ2n) is 6.91. The summed E-state index contributed by atoms with van der Waals surface area (Å²) in [5, 5.41) is 9.83. The van der Waals surface area contributed by atoms with E-state index in [0.717, 1.165) is 38.2 Å². The van der Waals surface area contributed by atoms with Crippen LogP contribution in [-0.4, -0.2) is 46.8 Å². The number of amides is 1. The zero-order chi connectivity index (χ0) is 18.5. The standard InChI is InChI=1S/C19H28N6O/c1-4-25(14(2)3)16-10-8-15(9-11-16)17(26)20-18-21-19(23-22-18)24-12-6-5-7-13-24/h8-11,14H,4-7,12-13H2,1-3H3,(H2,20,21,22,23,26). The number of aromatic amines is 1. The number of hydrogen-bond donors (Lipinski definition) is 2. The normalized spacial score (nSPS) is 14.5. The van der Waals surface area contributed by atoms with Gasteiger partial charge in [0.05, 0.1) is 0 Å². The molecule has 0 saturated carbocycles. The lowest BCUT2D eigenvalue weighted by atomic mass is 10.1. The smallest absolute Gasteiger partial charge is 0.258 e. The van der Waals surface area contributed by atoms with E-state index < -0.39 is 0 Å². The maximum absolute atomic E-state index is 12.5. The largest absolute Gasteiger partial charge is 0.369 e. The first-order valence-electron chi connectivity index (χ1n) is 9.44. The summed E-state index contributed by atoms with van der Waals surface area (Å²) in [4.78, 5) is 21.3. The van der Waals surface area contributed by atoms with Crippen molar-refractivity contribution in [3.05, 3.63) is 29.8 Å². The summed E-state index contributed by atoms with van der Waals surface area (Å²) in [6, 6.07) is 8.08. The number of anilines is 3. The Bertz CT molecular complexity index is 718. The number of piperidine rings is 1. The zero-order valence-electron chi connectivity index (χ0n) is 15.8. The highest BCUT2D eigenvalue weighted by atomic mass is 16.1. The Morgan fingerprint density at radius 3 is 2.54 bits per heavy atom. The number of nitrogens with one attached hydrogen (secondary N) is 2. The second-order valence-corrected chi connectivity index (χ2v) is 6.91. The molecule has 0 atom stereocenters. The van der Waals surface area contributed by atoms with Gasteiger partial charge in [-0.3, -0.25) is 10.1 Å². The van der Waals surface area contributed by atoms with E-state index in [-0.39, 0.29) is 5.91 Å². The van der Waals surface area contributed by atoms with Gasteiger partial charge in [-0.1, -0.05) is 0 Å². The van der Waals surface area contributed by atoms with Gasteiger partial charge >= 0.3 is 0 Å².